The molecule has 2 N–H and O–H groups in total. The van der Waals surface area contributed by atoms with Crippen LogP contribution in [0.25, 0.3) is 0 Å². The Bertz CT molecular complexity index is 189. The van der Waals surface area contributed by atoms with Crippen molar-refractivity contribution in [2.24, 2.45) is 0 Å². The van der Waals surface area contributed by atoms with Crippen LogP contribution in [0.4, 0.5) is 0 Å². The van der Waals surface area contributed by atoms with Crippen LogP contribution >= 0.6 is 0 Å². The SMILES string of the molecule is O=S(=O)(O)O.[CH2-]CCCCCCCCC.[Li+]. The second kappa shape index (κ2) is 15.5. The Hall–Kier alpha value is 0.467. The van der Waals surface area contributed by atoms with Crippen molar-refractivity contribution >= 4 is 10.4 Å². The van der Waals surface area contributed by atoms with Gasteiger partial charge in [-0.25, -0.2) is 0 Å². The fourth-order valence-electron chi connectivity index (χ4n) is 1.13. The molecule has 0 aliphatic rings. The van der Waals surface area contributed by atoms with Crippen LogP contribution in [-0.4, -0.2) is 17.5 Å². The molecule has 94 valence electrons. The van der Waals surface area contributed by atoms with Gasteiger partial charge in [0.1, 0.15) is 0 Å². The van der Waals surface area contributed by atoms with Crippen molar-refractivity contribution in [2.75, 3.05) is 0 Å². The van der Waals surface area contributed by atoms with Crippen molar-refractivity contribution in [1.82, 2.24) is 0 Å². The van der Waals surface area contributed by atoms with E-state index in [9.17, 15) is 0 Å². The van der Waals surface area contributed by atoms with Gasteiger partial charge in [0.25, 0.3) is 0 Å². The maximum absolute atomic E-state index is 8.74. The summed E-state index contributed by atoms with van der Waals surface area (Å²) in [5.41, 5.74) is 0. The molecule has 0 aliphatic heterocycles. The summed E-state index contributed by atoms with van der Waals surface area (Å²) < 4.78 is 31.6. The second-order valence-electron chi connectivity index (χ2n) is 3.42. The van der Waals surface area contributed by atoms with Gasteiger partial charge in [-0.3, -0.25) is 9.11 Å². The van der Waals surface area contributed by atoms with Gasteiger partial charge >= 0.3 is 29.3 Å². The van der Waals surface area contributed by atoms with Crippen molar-refractivity contribution in [2.45, 2.75) is 58.3 Å². The van der Waals surface area contributed by atoms with E-state index in [4.69, 9.17) is 17.5 Å². The summed E-state index contributed by atoms with van der Waals surface area (Å²) in [4.78, 5) is 0. The van der Waals surface area contributed by atoms with Crippen LogP contribution < -0.4 is 18.9 Å². The van der Waals surface area contributed by atoms with Gasteiger partial charge in [-0.05, 0) is 0 Å². The van der Waals surface area contributed by atoms with E-state index in [1.54, 1.807) is 0 Å². The van der Waals surface area contributed by atoms with Crippen LogP contribution in [0.15, 0.2) is 0 Å². The maximum Gasteiger partial charge on any atom is 1.00 e. The summed E-state index contributed by atoms with van der Waals surface area (Å²) in [6.07, 6.45) is 10.9. The fourth-order valence-corrected chi connectivity index (χ4v) is 1.13. The van der Waals surface area contributed by atoms with Crippen LogP contribution in [0.2, 0.25) is 0 Å². The Balaban J connectivity index is -0.000000242. The number of rotatable bonds is 7. The predicted molar refractivity (Wildman–Crippen MR) is 62.1 cm³/mol. The van der Waals surface area contributed by atoms with Crippen LogP contribution in [0, 0.1) is 6.92 Å². The molecule has 0 bridgehead atoms. The Morgan fingerprint density at radius 3 is 1.56 bits per heavy atom. The Labute approximate surface area is 112 Å². The second-order valence-corrected chi connectivity index (χ2v) is 4.32. The normalized spacial score (nSPS) is 10.0. The Kier molecular flexibility index (Phi) is 21.0. The third-order valence-electron chi connectivity index (χ3n) is 1.85. The molecule has 16 heavy (non-hydrogen) atoms. The molecule has 0 atom stereocenters. The zero-order valence-electron chi connectivity index (χ0n) is 10.5. The van der Waals surface area contributed by atoms with Gasteiger partial charge in [-0.1, -0.05) is 51.9 Å². The molecule has 0 unspecified atom stereocenters. The number of unbranched alkanes of at least 4 members (excludes halogenated alkanes) is 7. The molecule has 0 aromatic carbocycles. The minimum absolute atomic E-state index is 0. The first kappa shape index (κ1) is 21.7. The summed E-state index contributed by atoms with van der Waals surface area (Å²) >= 11 is 0. The zero-order valence-corrected chi connectivity index (χ0v) is 11.3. The van der Waals surface area contributed by atoms with Crippen LogP contribution in [-0.2, 0) is 10.4 Å². The molecule has 0 saturated heterocycles. The van der Waals surface area contributed by atoms with E-state index in [2.05, 4.69) is 13.8 Å². The van der Waals surface area contributed by atoms with Crippen LogP contribution in [0.3, 0.4) is 0 Å². The van der Waals surface area contributed by atoms with E-state index in [1.807, 2.05) is 0 Å². The Morgan fingerprint density at radius 1 is 0.938 bits per heavy atom. The van der Waals surface area contributed by atoms with Crippen molar-refractivity contribution in [3.63, 3.8) is 0 Å². The quantitative estimate of drug-likeness (QED) is 0.293. The number of hydrogen-bond acceptors (Lipinski definition) is 2. The Morgan fingerprint density at radius 2 is 1.25 bits per heavy atom. The van der Waals surface area contributed by atoms with E-state index in [1.165, 1.54) is 44.9 Å². The molecule has 0 radical (unpaired) electrons. The molecule has 0 saturated carbocycles. The van der Waals surface area contributed by atoms with Gasteiger partial charge < -0.3 is 6.92 Å². The van der Waals surface area contributed by atoms with Gasteiger partial charge in [0.2, 0.25) is 0 Å². The van der Waals surface area contributed by atoms with Crippen molar-refractivity contribution in [1.29, 1.82) is 0 Å². The van der Waals surface area contributed by atoms with E-state index in [-0.39, 0.29) is 18.9 Å². The molecule has 0 heterocycles. The smallest absolute Gasteiger partial charge is 0.343 e. The van der Waals surface area contributed by atoms with Gasteiger partial charge in [-0.15, -0.1) is 0 Å². The van der Waals surface area contributed by atoms with Crippen LogP contribution in [0.5, 0.6) is 0 Å². The van der Waals surface area contributed by atoms with Gasteiger partial charge in [-0.2, -0.15) is 14.8 Å². The minimum Gasteiger partial charge on any atom is -0.343 e. The first-order valence-electron chi connectivity index (χ1n) is 5.41. The molecular formula is C10H23LiO4S. The minimum atomic E-state index is -4.67. The first-order valence-corrected chi connectivity index (χ1v) is 6.80. The summed E-state index contributed by atoms with van der Waals surface area (Å²) in [6.45, 7) is 6.08. The molecule has 4 nitrogen and oxygen atoms in total. The van der Waals surface area contributed by atoms with Crippen LogP contribution in [0.1, 0.15) is 58.3 Å². The third-order valence-corrected chi connectivity index (χ3v) is 1.85. The topological polar surface area (TPSA) is 74.6 Å². The molecule has 0 aromatic rings. The summed E-state index contributed by atoms with van der Waals surface area (Å²) in [5, 5.41) is 0. The molecule has 0 fully saturated rings. The van der Waals surface area contributed by atoms with Crippen molar-refractivity contribution < 1.29 is 36.4 Å². The van der Waals surface area contributed by atoms with Crippen molar-refractivity contribution in [3.8, 4) is 0 Å². The summed E-state index contributed by atoms with van der Waals surface area (Å²) in [5.74, 6) is 0. The van der Waals surface area contributed by atoms with E-state index >= 15 is 0 Å². The molecule has 0 aromatic heterocycles. The zero-order chi connectivity index (χ0) is 12.2. The summed E-state index contributed by atoms with van der Waals surface area (Å²) in [6, 6.07) is 0. The van der Waals surface area contributed by atoms with E-state index < -0.39 is 10.4 Å². The molecule has 0 amide bonds. The average molecular weight is 246 g/mol. The van der Waals surface area contributed by atoms with Gasteiger partial charge in [0.05, 0.1) is 0 Å². The van der Waals surface area contributed by atoms with E-state index in [0.717, 1.165) is 6.42 Å². The first-order chi connectivity index (χ1) is 6.91. The maximum atomic E-state index is 8.74. The number of hydrogen-bond donors (Lipinski definition) is 2. The summed E-state index contributed by atoms with van der Waals surface area (Å²) in [7, 11) is -4.67. The molecular weight excluding hydrogens is 223 g/mol. The largest absolute Gasteiger partial charge is 1.00 e. The average Bonchev–Trinajstić information content (AvgIpc) is 2.08. The third kappa shape index (κ3) is 47.1. The predicted octanol–water partition coefficient (Wildman–Crippen LogP) is 0.312. The molecule has 0 rings (SSSR count). The fraction of sp³-hybridized carbons (Fsp3) is 0.900. The monoisotopic (exact) mass is 246 g/mol. The van der Waals surface area contributed by atoms with Gasteiger partial charge in [0, 0.05) is 0 Å². The van der Waals surface area contributed by atoms with Gasteiger partial charge in [0.15, 0.2) is 0 Å². The van der Waals surface area contributed by atoms with Crippen molar-refractivity contribution in [3.05, 3.63) is 6.92 Å². The molecule has 0 spiro atoms. The molecule has 6 heteroatoms. The van der Waals surface area contributed by atoms with E-state index in [0.29, 0.717) is 0 Å². The standard InChI is InChI=1S/C10H21.Li.H2O4S/c1-3-5-7-9-10-8-6-4-2;;1-5(2,3)4/h1,3-10H2,2H3;;(H2,1,2,3,4)/q-1;+1;. The molecule has 0 aliphatic carbocycles.